The fourth-order valence-corrected chi connectivity index (χ4v) is 2.58. The second kappa shape index (κ2) is 5.80. The Morgan fingerprint density at radius 3 is 3.07 bits per heavy atom. The minimum atomic E-state index is 0. The van der Waals surface area contributed by atoms with Crippen molar-refractivity contribution in [1.29, 1.82) is 0 Å². The van der Waals surface area contributed by atoms with Crippen LogP contribution in [0.2, 0.25) is 0 Å². The molecule has 0 unspecified atom stereocenters. The number of piperazine rings is 1. The van der Waals surface area contributed by atoms with Gasteiger partial charge in [-0.05, 0) is 13.8 Å². The van der Waals surface area contributed by atoms with Gasteiger partial charge in [0.1, 0.15) is 0 Å². The monoisotopic (exact) mass is 247 g/mol. The van der Waals surface area contributed by atoms with Gasteiger partial charge in [-0.3, -0.25) is 4.90 Å². The molecule has 0 aliphatic carbocycles. The van der Waals surface area contributed by atoms with Crippen molar-refractivity contribution in [2.75, 3.05) is 19.6 Å². The summed E-state index contributed by atoms with van der Waals surface area (Å²) in [4.78, 5) is 8.22. The van der Waals surface area contributed by atoms with Crippen molar-refractivity contribution in [3.8, 4) is 0 Å². The van der Waals surface area contributed by atoms with E-state index in [1.54, 1.807) is 11.3 Å². The zero-order valence-corrected chi connectivity index (χ0v) is 10.8. The lowest BCUT2D eigenvalue weighted by Gasteiger charge is -2.33. The quantitative estimate of drug-likeness (QED) is 0.862. The maximum absolute atomic E-state index is 4.28. The minimum Gasteiger partial charge on any atom is -0.314 e. The fraction of sp³-hybridized carbons (Fsp3) is 0.700. The van der Waals surface area contributed by atoms with Crippen LogP contribution in [0.15, 0.2) is 5.51 Å². The molecular weight excluding hydrogens is 230 g/mol. The Labute approximate surface area is 101 Å². The summed E-state index contributed by atoms with van der Waals surface area (Å²) in [6.07, 6.45) is 0. The number of hydrogen-bond donors (Lipinski definition) is 1. The zero-order chi connectivity index (χ0) is 9.97. The summed E-state index contributed by atoms with van der Waals surface area (Å²) in [6.45, 7) is 8.82. The van der Waals surface area contributed by atoms with E-state index in [4.69, 9.17) is 0 Å². The molecule has 1 atom stereocenters. The molecule has 2 heterocycles. The maximum Gasteiger partial charge on any atom is 0.0798 e. The maximum atomic E-state index is 4.28. The molecule has 1 fully saturated rings. The molecule has 1 aliphatic rings. The molecule has 0 amide bonds. The molecule has 1 aromatic heterocycles. The molecular formula is C10H18ClN3S. The number of nitrogens with zero attached hydrogens (tertiary/aromatic N) is 2. The van der Waals surface area contributed by atoms with E-state index in [0.29, 0.717) is 6.04 Å². The van der Waals surface area contributed by atoms with Gasteiger partial charge in [0, 0.05) is 37.1 Å². The van der Waals surface area contributed by atoms with Crippen molar-refractivity contribution < 1.29 is 0 Å². The molecule has 15 heavy (non-hydrogen) atoms. The largest absolute Gasteiger partial charge is 0.314 e. The Bertz CT molecular complexity index is 303. The standard InChI is InChI=1S/C10H17N3S.ClH/c1-8-5-11-3-4-13(8)6-10-9(2)12-7-14-10;/h7-8,11H,3-6H2,1-2H3;1H/t8-;/m1./s1. The molecule has 1 saturated heterocycles. The van der Waals surface area contributed by atoms with E-state index in [2.05, 4.69) is 29.0 Å². The highest BCUT2D eigenvalue weighted by molar-refractivity contribution is 7.09. The van der Waals surface area contributed by atoms with E-state index in [1.165, 1.54) is 10.6 Å². The third-order valence-corrected chi connectivity index (χ3v) is 3.75. The fourth-order valence-electron chi connectivity index (χ4n) is 1.78. The molecule has 1 N–H and O–H groups in total. The summed E-state index contributed by atoms with van der Waals surface area (Å²) in [5, 5.41) is 3.40. The molecule has 5 heteroatoms. The lowest BCUT2D eigenvalue weighted by atomic mass is 10.2. The highest BCUT2D eigenvalue weighted by Crippen LogP contribution is 2.16. The molecule has 1 aliphatic heterocycles. The number of thiazole rings is 1. The highest BCUT2D eigenvalue weighted by Gasteiger charge is 2.18. The molecule has 1 aromatic rings. The summed E-state index contributed by atoms with van der Waals surface area (Å²) in [5.41, 5.74) is 3.14. The van der Waals surface area contributed by atoms with E-state index in [9.17, 15) is 0 Å². The van der Waals surface area contributed by atoms with Crippen molar-refractivity contribution in [2.45, 2.75) is 26.4 Å². The molecule has 2 rings (SSSR count). The first-order valence-electron chi connectivity index (χ1n) is 5.11. The van der Waals surface area contributed by atoms with Crippen molar-refractivity contribution in [1.82, 2.24) is 15.2 Å². The number of halogens is 1. The topological polar surface area (TPSA) is 28.2 Å². The summed E-state index contributed by atoms with van der Waals surface area (Å²) < 4.78 is 0. The van der Waals surface area contributed by atoms with Gasteiger partial charge in [0.2, 0.25) is 0 Å². The number of aromatic nitrogens is 1. The SMILES string of the molecule is Cc1ncsc1CN1CCNC[C@H]1C.Cl. The first-order valence-corrected chi connectivity index (χ1v) is 5.99. The molecule has 0 bridgehead atoms. The number of hydrogen-bond acceptors (Lipinski definition) is 4. The van der Waals surface area contributed by atoms with Gasteiger partial charge >= 0.3 is 0 Å². The van der Waals surface area contributed by atoms with Gasteiger partial charge in [-0.2, -0.15) is 0 Å². The number of nitrogens with one attached hydrogen (secondary N) is 1. The average molecular weight is 248 g/mol. The van der Waals surface area contributed by atoms with Crippen LogP contribution in [0.25, 0.3) is 0 Å². The Kier molecular flexibility index (Phi) is 4.99. The summed E-state index contributed by atoms with van der Waals surface area (Å²) in [5.74, 6) is 0. The van der Waals surface area contributed by atoms with E-state index < -0.39 is 0 Å². The van der Waals surface area contributed by atoms with Gasteiger partial charge in [-0.25, -0.2) is 4.98 Å². The molecule has 0 spiro atoms. The predicted molar refractivity (Wildman–Crippen MR) is 66.8 cm³/mol. The van der Waals surface area contributed by atoms with Gasteiger partial charge in [0.05, 0.1) is 11.2 Å². The number of aryl methyl sites for hydroxylation is 1. The second-order valence-electron chi connectivity index (χ2n) is 3.88. The summed E-state index contributed by atoms with van der Waals surface area (Å²) in [7, 11) is 0. The highest BCUT2D eigenvalue weighted by atomic mass is 35.5. The Morgan fingerprint density at radius 1 is 1.67 bits per heavy atom. The van der Waals surface area contributed by atoms with Crippen LogP contribution in [0.1, 0.15) is 17.5 Å². The van der Waals surface area contributed by atoms with E-state index in [-0.39, 0.29) is 12.4 Å². The van der Waals surface area contributed by atoms with Crippen LogP contribution < -0.4 is 5.32 Å². The van der Waals surface area contributed by atoms with Gasteiger partial charge in [-0.15, -0.1) is 23.7 Å². The van der Waals surface area contributed by atoms with Crippen LogP contribution in [-0.2, 0) is 6.54 Å². The normalized spacial score (nSPS) is 22.4. The lowest BCUT2D eigenvalue weighted by molar-refractivity contribution is 0.167. The number of rotatable bonds is 2. The summed E-state index contributed by atoms with van der Waals surface area (Å²) >= 11 is 1.77. The minimum absolute atomic E-state index is 0. The van der Waals surface area contributed by atoms with Crippen molar-refractivity contribution in [3.05, 3.63) is 16.1 Å². The van der Waals surface area contributed by atoms with Gasteiger partial charge < -0.3 is 5.32 Å². The van der Waals surface area contributed by atoms with Crippen molar-refractivity contribution in [3.63, 3.8) is 0 Å². The third-order valence-electron chi connectivity index (χ3n) is 2.83. The lowest BCUT2D eigenvalue weighted by Crippen LogP contribution is -2.49. The van der Waals surface area contributed by atoms with Gasteiger partial charge in [0.25, 0.3) is 0 Å². The van der Waals surface area contributed by atoms with Crippen molar-refractivity contribution in [2.24, 2.45) is 0 Å². The first-order chi connectivity index (χ1) is 6.77. The second-order valence-corrected chi connectivity index (χ2v) is 4.82. The molecule has 0 radical (unpaired) electrons. The van der Waals surface area contributed by atoms with E-state index >= 15 is 0 Å². The van der Waals surface area contributed by atoms with E-state index in [1.807, 2.05) is 5.51 Å². The Hall–Kier alpha value is -0.160. The van der Waals surface area contributed by atoms with Crippen LogP contribution >= 0.6 is 23.7 Å². The van der Waals surface area contributed by atoms with Crippen LogP contribution in [-0.4, -0.2) is 35.6 Å². The van der Waals surface area contributed by atoms with Crippen LogP contribution in [0, 0.1) is 6.92 Å². The van der Waals surface area contributed by atoms with Gasteiger partial charge in [-0.1, -0.05) is 0 Å². The van der Waals surface area contributed by atoms with Crippen LogP contribution in [0.4, 0.5) is 0 Å². The smallest absolute Gasteiger partial charge is 0.0798 e. The molecule has 0 saturated carbocycles. The molecule has 3 nitrogen and oxygen atoms in total. The average Bonchev–Trinajstić information content (AvgIpc) is 2.56. The van der Waals surface area contributed by atoms with E-state index in [0.717, 1.165) is 26.2 Å². The first kappa shape index (κ1) is 12.9. The van der Waals surface area contributed by atoms with Gasteiger partial charge in [0.15, 0.2) is 0 Å². The summed E-state index contributed by atoms with van der Waals surface area (Å²) in [6, 6.07) is 0.644. The predicted octanol–water partition coefficient (Wildman–Crippen LogP) is 1.67. The van der Waals surface area contributed by atoms with Crippen molar-refractivity contribution >= 4 is 23.7 Å². The third kappa shape index (κ3) is 3.14. The zero-order valence-electron chi connectivity index (χ0n) is 9.19. The van der Waals surface area contributed by atoms with Crippen LogP contribution in [0.3, 0.4) is 0 Å². The van der Waals surface area contributed by atoms with Crippen LogP contribution in [0.5, 0.6) is 0 Å². The Morgan fingerprint density at radius 2 is 2.47 bits per heavy atom. The Balaban J connectivity index is 0.00000112. The molecule has 86 valence electrons. The molecule has 0 aromatic carbocycles.